The van der Waals surface area contributed by atoms with Crippen molar-refractivity contribution in [2.24, 2.45) is 17.8 Å². The molecule has 0 saturated heterocycles. The summed E-state index contributed by atoms with van der Waals surface area (Å²) >= 11 is 12.1. The van der Waals surface area contributed by atoms with E-state index in [9.17, 15) is 0 Å². The summed E-state index contributed by atoms with van der Waals surface area (Å²) in [5.74, 6) is 2.72. The highest BCUT2D eigenvalue weighted by molar-refractivity contribution is 6.33. The molecule has 4 saturated carbocycles. The molecule has 4 aliphatic carbocycles. The maximum Gasteiger partial charge on any atom is 0.174 e. The predicted molar refractivity (Wildman–Crippen MR) is 76.6 cm³/mol. The molecule has 3 nitrogen and oxygen atoms in total. The van der Waals surface area contributed by atoms with Crippen LogP contribution in [0.5, 0.6) is 0 Å². The van der Waals surface area contributed by atoms with Crippen LogP contribution in [0.3, 0.4) is 0 Å². The molecule has 4 bridgehead atoms. The molecule has 0 amide bonds. The highest BCUT2D eigenvalue weighted by Gasteiger charge is 2.51. The van der Waals surface area contributed by atoms with Gasteiger partial charge in [0.2, 0.25) is 0 Å². The number of rotatable bonds is 2. The van der Waals surface area contributed by atoms with E-state index in [0.29, 0.717) is 10.3 Å². The van der Waals surface area contributed by atoms with Gasteiger partial charge in [-0.1, -0.05) is 23.2 Å². The topological polar surface area (TPSA) is 37.8 Å². The quantitative estimate of drug-likeness (QED) is 0.890. The Morgan fingerprint density at radius 3 is 2.16 bits per heavy atom. The molecule has 0 atom stereocenters. The molecule has 0 aromatic carbocycles. The van der Waals surface area contributed by atoms with Crippen LogP contribution in [0.15, 0.2) is 6.07 Å². The van der Waals surface area contributed by atoms with Crippen molar-refractivity contribution in [3.63, 3.8) is 0 Å². The van der Waals surface area contributed by atoms with Crippen LogP contribution in [0.2, 0.25) is 10.3 Å². The third-order valence-corrected chi connectivity index (χ3v) is 5.62. The summed E-state index contributed by atoms with van der Waals surface area (Å²) in [4.78, 5) is 0. The lowest BCUT2D eigenvalue weighted by molar-refractivity contribution is 0.0107. The summed E-state index contributed by atoms with van der Waals surface area (Å²) in [5, 5.41) is 12.2. The van der Waals surface area contributed by atoms with Gasteiger partial charge in [-0.05, 0) is 56.3 Å². The van der Waals surface area contributed by atoms with Gasteiger partial charge in [0, 0.05) is 11.6 Å². The average Bonchev–Trinajstić information content (AvgIpc) is 2.31. The van der Waals surface area contributed by atoms with Gasteiger partial charge in [0.05, 0.1) is 5.69 Å². The summed E-state index contributed by atoms with van der Waals surface area (Å²) < 4.78 is 0. The van der Waals surface area contributed by atoms with Gasteiger partial charge in [-0.15, -0.1) is 10.2 Å². The van der Waals surface area contributed by atoms with E-state index in [2.05, 4.69) is 15.5 Å². The van der Waals surface area contributed by atoms with Gasteiger partial charge >= 0.3 is 0 Å². The molecule has 0 radical (unpaired) electrons. The standard InChI is InChI=1S/C14H17Cl2N3/c15-12-4-11(13(16)19-18-12)17-14-5-8-1-9(6-14)3-10(2-8)7-14/h4,8-10H,1-3,5-7H2,(H,17,18). The molecule has 5 rings (SSSR count). The Bertz CT molecular complexity index is 482. The lowest BCUT2D eigenvalue weighted by Gasteiger charge is -2.57. The van der Waals surface area contributed by atoms with Crippen LogP contribution in [0.4, 0.5) is 5.69 Å². The average molecular weight is 298 g/mol. The molecule has 1 aromatic rings. The lowest BCUT2D eigenvalue weighted by atomic mass is 9.53. The van der Waals surface area contributed by atoms with Crippen molar-refractivity contribution in [3.8, 4) is 0 Å². The number of hydrogen-bond acceptors (Lipinski definition) is 3. The Labute approximate surface area is 123 Å². The van der Waals surface area contributed by atoms with Gasteiger partial charge in [0.1, 0.15) is 0 Å². The number of nitrogens with zero attached hydrogens (tertiary/aromatic N) is 2. The first-order chi connectivity index (χ1) is 9.12. The smallest absolute Gasteiger partial charge is 0.174 e. The van der Waals surface area contributed by atoms with Gasteiger partial charge in [-0.3, -0.25) is 0 Å². The van der Waals surface area contributed by atoms with Crippen LogP contribution in [-0.4, -0.2) is 15.7 Å². The minimum atomic E-state index is 0.227. The van der Waals surface area contributed by atoms with E-state index in [1.807, 2.05) is 0 Å². The third-order valence-electron chi connectivity index (χ3n) is 5.16. The number of nitrogens with one attached hydrogen (secondary N) is 1. The lowest BCUT2D eigenvalue weighted by Crippen LogP contribution is -2.54. The van der Waals surface area contributed by atoms with Gasteiger partial charge in [-0.2, -0.15) is 0 Å². The van der Waals surface area contributed by atoms with E-state index < -0.39 is 0 Å². The van der Waals surface area contributed by atoms with E-state index in [0.717, 1.165) is 23.4 Å². The van der Waals surface area contributed by atoms with Crippen LogP contribution in [0.25, 0.3) is 0 Å². The number of anilines is 1. The van der Waals surface area contributed by atoms with E-state index in [1.54, 1.807) is 6.07 Å². The molecule has 5 heteroatoms. The number of halogens is 2. The summed E-state index contributed by atoms with van der Waals surface area (Å²) in [6, 6.07) is 1.80. The van der Waals surface area contributed by atoms with Gasteiger partial charge in [0.25, 0.3) is 0 Å². The maximum absolute atomic E-state index is 6.14. The van der Waals surface area contributed by atoms with Gasteiger partial charge < -0.3 is 5.32 Å². The Morgan fingerprint density at radius 2 is 1.58 bits per heavy atom. The molecular formula is C14H17Cl2N3. The minimum absolute atomic E-state index is 0.227. The minimum Gasteiger partial charge on any atom is -0.377 e. The molecule has 19 heavy (non-hydrogen) atoms. The van der Waals surface area contributed by atoms with Crippen LogP contribution in [0, 0.1) is 17.8 Å². The van der Waals surface area contributed by atoms with Gasteiger partial charge in [0.15, 0.2) is 10.3 Å². The zero-order chi connectivity index (χ0) is 13.0. The van der Waals surface area contributed by atoms with E-state index in [4.69, 9.17) is 23.2 Å². The second kappa shape index (κ2) is 4.23. The molecule has 1 aromatic heterocycles. The SMILES string of the molecule is Clc1cc(NC23CC4CC(CC(C4)C2)C3)c(Cl)nn1. The Kier molecular flexibility index (Phi) is 2.72. The second-order valence-corrected chi connectivity index (χ2v) is 7.44. The summed E-state index contributed by atoms with van der Waals surface area (Å²) in [7, 11) is 0. The Hall–Kier alpha value is -0.540. The molecule has 0 aliphatic heterocycles. The molecule has 1 N–H and O–H groups in total. The Balaban J connectivity index is 1.64. The second-order valence-electron chi connectivity index (χ2n) is 6.69. The molecule has 1 heterocycles. The fourth-order valence-corrected chi connectivity index (χ4v) is 5.28. The van der Waals surface area contributed by atoms with Crippen molar-refractivity contribution in [2.45, 2.75) is 44.1 Å². The van der Waals surface area contributed by atoms with Crippen LogP contribution >= 0.6 is 23.2 Å². The van der Waals surface area contributed by atoms with Crippen molar-refractivity contribution >= 4 is 28.9 Å². The van der Waals surface area contributed by atoms with Crippen LogP contribution < -0.4 is 5.32 Å². The van der Waals surface area contributed by atoms with Crippen molar-refractivity contribution in [1.82, 2.24) is 10.2 Å². The first-order valence-electron chi connectivity index (χ1n) is 7.09. The fraction of sp³-hybridized carbons (Fsp3) is 0.714. The zero-order valence-electron chi connectivity index (χ0n) is 10.7. The summed E-state index contributed by atoms with van der Waals surface area (Å²) in [6.07, 6.45) is 8.12. The first kappa shape index (κ1) is 12.2. The van der Waals surface area contributed by atoms with Crippen molar-refractivity contribution in [2.75, 3.05) is 5.32 Å². The Morgan fingerprint density at radius 1 is 1.00 bits per heavy atom. The monoisotopic (exact) mass is 297 g/mol. The van der Waals surface area contributed by atoms with Crippen LogP contribution in [-0.2, 0) is 0 Å². The van der Waals surface area contributed by atoms with E-state index in [1.165, 1.54) is 38.5 Å². The van der Waals surface area contributed by atoms with E-state index >= 15 is 0 Å². The highest BCUT2D eigenvalue weighted by Crippen LogP contribution is 2.56. The molecule has 0 unspecified atom stereocenters. The normalized spacial score (nSPS) is 39.6. The van der Waals surface area contributed by atoms with Crippen molar-refractivity contribution < 1.29 is 0 Å². The largest absolute Gasteiger partial charge is 0.377 e. The predicted octanol–water partition coefficient (Wildman–Crippen LogP) is 4.16. The van der Waals surface area contributed by atoms with E-state index in [-0.39, 0.29) is 5.54 Å². The molecule has 0 spiro atoms. The molecule has 102 valence electrons. The third kappa shape index (κ3) is 2.11. The number of aromatic nitrogens is 2. The molecule has 4 aliphatic rings. The van der Waals surface area contributed by atoms with Crippen molar-refractivity contribution in [1.29, 1.82) is 0 Å². The van der Waals surface area contributed by atoms with Crippen LogP contribution in [0.1, 0.15) is 38.5 Å². The maximum atomic E-state index is 6.14. The first-order valence-corrected chi connectivity index (χ1v) is 7.84. The summed E-state index contributed by atoms with van der Waals surface area (Å²) in [5.41, 5.74) is 1.08. The fourth-order valence-electron chi connectivity index (χ4n) is 4.99. The van der Waals surface area contributed by atoms with Crippen molar-refractivity contribution in [3.05, 3.63) is 16.4 Å². The van der Waals surface area contributed by atoms with Gasteiger partial charge in [-0.25, -0.2) is 0 Å². The highest BCUT2D eigenvalue weighted by atomic mass is 35.5. The number of hydrogen-bond donors (Lipinski definition) is 1. The molecule has 4 fully saturated rings. The summed E-state index contributed by atoms with van der Waals surface area (Å²) in [6.45, 7) is 0. The zero-order valence-corrected chi connectivity index (χ0v) is 12.2. The molecular weight excluding hydrogens is 281 g/mol.